The van der Waals surface area contributed by atoms with Gasteiger partial charge in [-0.1, -0.05) is 19.3 Å². The second-order valence-electron chi connectivity index (χ2n) is 5.49. The van der Waals surface area contributed by atoms with Gasteiger partial charge in [0, 0.05) is 11.6 Å². The van der Waals surface area contributed by atoms with Crippen molar-refractivity contribution in [3.05, 3.63) is 48.0 Å². The van der Waals surface area contributed by atoms with E-state index >= 15 is 0 Å². The molecule has 2 nitrogen and oxygen atoms in total. The Morgan fingerprint density at radius 1 is 1.00 bits per heavy atom. The monoisotopic (exact) mass is 309 g/mol. The highest BCUT2D eigenvalue weighted by molar-refractivity contribution is 5.85. The van der Waals surface area contributed by atoms with Crippen molar-refractivity contribution < 1.29 is 8.81 Å². The van der Waals surface area contributed by atoms with E-state index in [1.54, 1.807) is 12.1 Å². The van der Waals surface area contributed by atoms with Crippen LogP contribution in [0.3, 0.4) is 0 Å². The maximum atomic E-state index is 12.9. The molecule has 21 heavy (non-hydrogen) atoms. The number of hydrogen-bond donors (Lipinski definition) is 1. The highest BCUT2D eigenvalue weighted by atomic mass is 35.5. The Hall–Kier alpha value is -1.32. The Labute approximate surface area is 131 Å². The van der Waals surface area contributed by atoms with Gasteiger partial charge in [0.1, 0.15) is 17.3 Å². The van der Waals surface area contributed by atoms with Crippen LogP contribution in [-0.2, 0) is 6.54 Å². The molecule has 3 rings (SSSR count). The maximum Gasteiger partial charge on any atom is 0.134 e. The first-order valence-corrected chi connectivity index (χ1v) is 7.39. The molecule has 114 valence electrons. The molecular weight excluding hydrogens is 289 g/mol. The number of rotatable bonds is 4. The zero-order valence-corrected chi connectivity index (χ0v) is 12.8. The number of furan rings is 1. The molecule has 1 aromatic carbocycles. The van der Waals surface area contributed by atoms with Gasteiger partial charge in [0.2, 0.25) is 0 Å². The normalized spacial score (nSPS) is 15.7. The molecule has 0 radical (unpaired) electrons. The van der Waals surface area contributed by atoms with Crippen LogP contribution in [0.25, 0.3) is 11.3 Å². The lowest BCUT2D eigenvalue weighted by molar-refractivity contribution is 0.358. The van der Waals surface area contributed by atoms with Crippen LogP contribution in [-0.4, -0.2) is 6.04 Å². The molecule has 2 aromatic rings. The summed E-state index contributed by atoms with van der Waals surface area (Å²) in [6.45, 7) is 0.770. The fourth-order valence-electron chi connectivity index (χ4n) is 2.79. The van der Waals surface area contributed by atoms with Crippen molar-refractivity contribution in [2.45, 2.75) is 44.7 Å². The smallest absolute Gasteiger partial charge is 0.134 e. The molecule has 0 aliphatic heterocycles. The molecule has 0 saturated heterocycles. The number of nitrogens with one attached hydrogen (secondary N) is 1. The highest BCUT2D eigenvalue weighted by Crippen LogP contribution is 2.23. The van der Waals surface area contributed by atoms with E-state index in [-0.39, 0.29) is 18.2 Å². The summed E-state index contributed by atoms with van der Waals surface area (Å²) in [4.78, 5) is 0. The second kappa shape index (κ2) is 7.62. The van der Waals surface area contributed by atoms with E-state index in [0.29, 0.717) is 6.04 Å². The minimum absolute atomic E-state index is 0. The van der Waals surface area contributed by atoms with E-state index < -0.39 is 0 Å². The van der Waals surface area contributed by atoms with E-state index in [0.717, 1.165) is 23.6 Å². The van der Waals surface area contributed by atoms with Crippen molar-refractivity contribution in [3.8, 4) is 11.3 Å². The molecule has 1 fully saturated rings. The van der Waals surface area contributed by atoms with Gasteiger partial charge in [-0.15, -0.1) is 12.4 Å². The van der Waals surface area contributed by atoms with Gasteiger partial charge in [-0.3, -0.25) is 0 Å². The van der Waals surface area contributed by atoms with Crippen LogP contribution in [0.15, 0.2) is 40.8 Å². The van der Waals surface area contributed by atoms with E-state index in [9.17, 15) is 4.39 Å². The van der Waals surface area contributed by atoms with E-state index in [4.69, 9.17) is 4.42 Å². The predicted octanol–water partition coefficient (Wildman–Crippen LogP) is 4.93. The molecule has 1 aromatic heterocycles. The summed E-state index contributed by atoms with van der Waals surface area (Å²) in [6, 6.07) is 11.0. The van der Waals surface area contributed by atoms with Gasteiger partial charge in [-0.05, 0) is 49.2 Å². The molecule has 1 aliphatic rings. The quantitative estimate of drug-likeness (QED) is 0.866. The first-order chi connectivity index (χ1) is 9.81. The largest absolute Gasteiger partial charge is 0.460 e. The van der Waals surface area contributed by atoms with E-state index in [1.165, 1.54) is 44.2 Å². The van der Waals surface area contributed by atoms with Crippen LogP contribution >= 0.6 is 12.4 Å². The van der Waals surface area contributed by atoms with Gasteiger partial charge in [0.05, 0.1) is 6.54 Å². The van der Waals surface area contributed by atoms with Crippen LogP contribution in [0.2, 0.25) is 0 Å². The van der Waals surface area contributed by atoms with Crippen LogP contribution in [0, 0.1) is 5.82 Å². The Kier molecular flexibility index (Phi) is 5.83. The summed E-state index contributed by atoms with van der Waals surface area (Å²) in [5, 5.41) is 3.56. The van der Waals surface area contributed by atoms with Gasteiger partial charge in [-0.25, -0.2) is 4.39 Å². The number of halogens is 2. The topological polar surface area (TPSA) is 25.2 Å². The van der Waals surface area contributed by atoms with Gasteiger partial charge >= 0.3 is 0 Å². The fourth-order valence-corrected chi connectivity index (χ4v) is 2.79. The Morgan fingerprint density at radius 3 is 2.43 bits per heavy atom. The van der Waals surface area contributed by atoms with Crippen LogP contribution in [0.5, 0.6) is 0 Å². The summed E-state index contributed by atoms with van der Waals surface area (Å²) in [5.74, 6) is 1.51. The first kappa shape index (κ1) is 16.1. The average Bonchev–Trinajstić information content (AvgIpc) is 2.96. The lowest BCUT2D eigenvalue weighted by Crippen LogP contribution is -2.30. The van der Waals surface area contributed by atoms with Crippen molar-refractivity contribution in [1.82, 2.24) is 5.32 Å². The molecule has 1 saturated carbocycles. The van der Waals surface area contributed by atoms with Crippen LogP contribution in [0.1, 0.15) is 37.9 Å². The molecule has 0 unspecified atom stereocenters. The molecule has 4 heteroatoms. The van der Waals surface area contributed by atoms with E-state index in [2.05, 4.69) is 5.32 Å². The summed E-state index contributed by atoms with van der Waals surface area (Å²) in [7, 11) is 0. The molecule has 0 bridgehead atoms. The second-order valence-corrected chi connectivity index (χ2v) is 5.49. The Bertz CT molecular complexity index is 546. The predicted molar refractivity (Wildman–Crippen MR) is 85.1 cm³/mol. The van der Waals surface area contributed by atoms with Crippen molar-refractivity contribution in [1.29, 1.82) is 0 Å². The van der Waals surface area contributed by atoms with Gasteiger partial charge in [0.25, 0.3) is 0 Å². The summed E-state index contributed by atoms with van der Waals surface area (Å²) >= 11 is 0. The average molecular weight is 310 g/mol. The van der Waals surface area contributed by atoms with E-state index in [1.807, 2.05) is 12.1 Å². The lowest BCUT2D eigenvalue weighted by atomic mass is 9.95. The first-order valence-electron chi connectivity index (χ1n) is 7.39. The highest BCUT2D eigenvalue weighted by Gasteiger charge is 2.13. The zero-order valence-electron chi connectivity index (χ0n) is 12.0. The minimum atomic E-state index is -0.223. The van der Waals surface area contributed by atoms with Gasteiger partial charge < -0.3 is 9.73 Å². The van der Waals surface area contributed by atoms with Crippen molar-refractivity contribution in [3.63, 3.8) is 0 Å². The molecule has 1 heterocycles. The van der Waals surface area contributed by atoms with Crippen LogP contribution in [0.4, 0.5) is 4.39 Å². The molecule has 0 spiro atoms. The number of hydrogen-bond acceptors (Lipinski definition) is 2. The molecule has 1 N–H and O–H groups in total. The van der Waals surface area contributed by atoms with Gasteiger partial charge in [0.15, 0.2) is 0 Å². The fraction of sp³-hybridized carbons (Fsp3) is 0.412. The SMILES string of the molecule is Cl.Fc1ccc(-c2ccc(CNC3CCCCC3)o2)cc1. The summed E-state index contributed by atoms with van der Waals surface area (Å²) < 4.78 is 18.7. The molecular formula is C17H21ClFNO. The Balaban J connectivity index is 0.00000161. The summed E-state index contributed by atoms with van der Waals surface area (Å²) in [6.07, 6.45) is 6.57. The minimum Gasteiger partial charge on any atom is -0.460 e. The van der Waals surface area contributed by atoms with Gasteiger partial charge in [-0.2, -0.15) is 0 Å². The summed E-state index contributed by atoms with van der Waals surface area (Å²) in [5.41, 5.74) is 0.912. The Morgan fingerprint density at radius 2 is 1.71 bits per heavy atom. The standard InChI is InChI=1S/C17H20FNO.ClH/c18-14-8-6-13(7-9-14)17-11-10-16(20-17)12-19-15-4-2-1-3-5-15;/h6-11,15,19H,1-5,12H2;1H. The third-order valence-electron chi connectivity index (χ3n) is 3.96. The van der Waals surface area contributed by atoms with Crippen molar-refractivity contribution in [2.24, 2.45) is 0 Å². The van der Waals surface area contributed by atoms with Crippen LogP contribution < -0.4 is 5.32 Å². The third kappa shape index (κ3) is 4.32. The lowest BCUT2D eigenvalue weighted by Gasteiger charge is -2.22. The zero-order chi connectivity index (χ0) is 13.8. The van der Waals surface area contributed by atoms with Crippen molar-refractivity contribution in [2.75, 3.05) is 0 Å². The molecule has 0 atom stereocenters. The maximum absolute atomic E-state index is 12.9. The molecule has 0 amide bonds. The number of benzene rings is 1. The molecule has 1 aliphatic carbocycles. The van der Waals surface area contributed by atoms with Crippen molar-refractivity contribution >= 4 is 12.4 Å². The third-order valence-corrected chi connectivity index (χ3v) is 3.96.